The third-order valence-electron chi connectivity index (χ3n) is 5.69. The summed E-state index contributed by atoms with van der Waals surface area (Å²) in [6.45, 7) is 1.63. The molecule has 1 unspecified atom stereocenters. The lowest BCUT2D eigenvalue weighted by Crippen LogP contribution is -2.43. The first-order chi connectivity index (χ1) is 15.0. The Morgan fingerprint density at radius 2 is 1.52 bits per heavy atom. The summed E-state index contributed by atoms with van der Waals surface area (Å²) in [4.78, 5) is 25.8. The van der Waals surface area contributed by atoms with E-state index in [-0.39, 0.29) is 19.1 Å². The van der Waals surface area contributed by atoms with E-state index in [1.54, 1.807) is 24.3 Å². The molecule has 3 aromatic carbocycles. The molecule has 31 heavy (non-hydrogen) atoms. The van der Waals surface area contributed by atoms with Crippen LogP contribution in [0, 0.1) is 0 Å². The largest absolute Gasteiger partial charge is 0.480 e. The molecule has 1 aliphatic rings. The van der Waals surface area contributed by atoms with Gasteiger partial charge in [-0.05, 0) is 40.8 Å². The fraction of sp³-hybridized carbons (Fsp3) is 0.200. The molecule has 4 rings (SSSR count). The van der Waals surface area contributed by atoms with Crippen LogP contribution in [0.25, 0.3) is 11.1 Å². The van der Waals surface area contributed by atoms with E-state index < -0.39 is 18.1 Å². The maximum absolute atomic E-state index is 13.0. The van der Waals surface area contributed by atoms with Crippen LogP contribution in [-0.4, -0.2) is 34.7 Å². The minimum absolute atomic E-state index is 0.0455. The molecule has 0 aliphatic heterocycles. The van der Waals surface area contributed by atoms with E-state index in [9.17, 15) is 14.7 Å². The van der Waals surface area contributed by atoms with E-state index in [0.717, 1.165) is 22.3 Å². The molecule has 6 heteroatoms. The monoisotopic (exact) mass is 435 g/mol. The zero-order chi connectivity index (χ0) is 22.0. The number of carboxylic acids is 1. The average molecular weight is 436 g/mol. The summed E-state index contributed by atoms with van der Waals surface area (Å²) in [6.07, 6.45) is -0.684. The van der Waals surface area contributed by atoms with Gasteiger partial charge in [0.1, 0.15) is 12.6 Å². The molecular formula is C25H22ClNO4. The first-order valence-electron chi connectivity index (χ1n) is 10.0. The van der Waals surface area contributed by atoms with Crippen LogP contribution in [-0.2, 0) is 16.1 Å². The Kier molecular flexibility index (Phi) is 5.96. The normalized spacial score (nSPS) is 13.2. The number of halogens is 1. The van der Waals surface area contributed by atoms with Gasteiger partial charge < -0.3 is 9.84 Å². The number of rotatable bonds is 6. The number of hydrogen-bond donors (Lipinski definition) is 1. The molecule has 3 aromatic rings. The molecule has 1 atom stereocenters. The van der Waals surface area contributed by atoms with Crippen LogP contribution in [0.15, 0.2) is 72.8 Å². The van der Waals surface area contributed by atoms with Gasteiger partial charge in [0.15, 0.2) is 0 Å². The third-order valence-corrected chi connectivity index (χ3v) is 6.06. The number of ether oxygens (including phenoxy) is 1. The molecule has 0 saturated carbocycles. The topological polar surface area (TPSA) is 66.8 Å². The summed E-state index contributed by atoms with van der Waals surface area (Å²) >= 11 is 6.22. The van der Waals surface area contributed by atoms with E-state index >= 15 is 0 Å². The van der Waals surface area contributed by atoms with Gasteiger partial charge >= 0.3 is 12.1 Å². The summed E-state index contributed by atoms with van der Waals surface area (Å²) in [5.41, 5.74) is 5.11. The molecule has 158 valence electrons. The van der Waals surface area contributed by atoms with Crippen molar-refractivity contribution in [3.05, 3.63) is 94.5 Å². The summed E-state index contributed by atoms with van der Waals surface area (Å²) in [7, 11) is 0. The molecule has 1 aliphatic carbocycles. The predicted octanol–water partition coefficient (Wildman–Crippen LogP) is 5.56. The standard InChI is InChI=1S/C25H22ClNO4/c1-16(24(28)29)27(14-17-8-2-7-13-23(17)26)25(30)31-15-22-20-11-5-3-9-18(20)19-10-4-6-12-21(19)22/h2-13,16,22H,14-15H2,1H3,(H,28,29). The number of carbonyl (C=O) groups excluding carboxylic acids is 1. The highest BCUT2D eigenvalue weighted by molar-refractivity contribution is 6.31. The average Bonchev–Trinajstić information content (AvgIpc) is 3.10. The number of hydrogen-bond acceptors (Lipinski definition) is 3. The minimum Gasteiger partial charge on any atom is -0.480 e. The summed E-state index contributed by atoms with van der Waals surface area (Å²) in [5.74, 6) is -1.21. The van der Waals surface area contributed by atoms with Crippen molar-refractivity contribution in [1.29, 1.82) is 0 Å². The Morgan fingerprint density at radius 1 is 0.968 bits per heavy atom. The van der Waals surface area contributed by atoms with Crippen molar-refractivity contribution in [1.82, 2.24) is 4.90 Å². The highest BCUT2D eigenvalue weighted by Gasteiger charge is 2.32. The second-order valence-electron chi connectivity index (χ2n) is 7.54. The Balaban J connectivity index is 1.56. The van der Waals surface area contributed by atoms with Crippen LogP contribution in [0.4, 0.5) is 4.79 Å². The Morgan fingerprint density at radius 3 is 2.10 bits per heavy atom. The Bertz CT molecular complexity index is 1080. The van der Waals surface area contributed by atoms with Crippen molar-refractivity contribution < 1.29 is 19.4 Å². The maximum atomic E-state index is 13.0. The summed E-state index contributed by atoms with van der Waals surface area (Å²) in [6, 6.07) is 22.1. The molecule has 0 heterocycles. The number of amides is 1. The quantitative estimate of drug-likeness (QED) is 0.550. The van der Waals surface area contributed by atoms with Crippen LogP contribution in [0.3, 0.4) is 0 Å². The number of carbonyl (C=O) groups is 2. The zero-order valence-corrected chi connectivity index (χ0v) is 17.8. The maximum Gasteiger partial charge on any atom is 0.410 e. The number of fused-ring (bicyclic) bond motifs is 3. The van der Waals surface area contributed by atoms with Crippen LogP contribution in [0.5, 0.6) is 0 Å². The smallest absolute Gasteiger partial charge is 0.410 e. The first kappa shape index (κ1) is 20.9. The van der Waals surface area contributed by atoms with Crippen molar-refractivity contribution in [2.45, 2.75) is 25.4 Å². The molecule has 0 radical (unpaired) electrons. The lowest BCUT2D eigenvalue weighted by molar-refractivity contribution is -0.142. The first-order valence-corrected chi connectivity index (χ1v) is 10.4. The van der Waals surface area contributed by atoms with Gasteiger partial charge in [-0.25, -0.2) is 9.59 Å². The van der Waals surface area contributed by atoms with Gasteiger partial charge in [-0.15, -0.1) is 0 Å². The summed E-state index contributed by atoms with van der Waals surface area (Å²) < 4.78 is 5.67. The number of aliphatic carboxylic acids is 1. The van der Waals surface area contributed by atoms with Crippen LogP contribution < -0.4 is 0 Å². The SMILES string of the molecule is CC(C(=O)O)N(Cc1ccccc1Cl)C(=O)OCC1c2ccccc2-c2ccccc21. The zero-order valence-electron chi connectivity index (χ0n) is 17.0. The Labute approximate surface area is 185 Å². The summed E-state index contributed by atoms with van der Waals surface area (Å²) in [5, 5.41) is 9.98. The molecule has 0 fully saturated rings. The van der Waals surface area contributed by atoms with E-state index in [4.69, 9.17) is 16.3 Å². The van der Waals surface area contributed by atoms with Gasteiger partial charge in [-0.2, -0.15) is 0 Å². The second kappa shape index (κ2) is 8.82. The number of nitrogens with zero attached hydrogens (tertiary/aromatic N) is 1. The highest BCUT2D eigenvalue weighted by atomic mass is 35.5. The molecular weight excluding hydrogens is 414 g/mol. The lowest BCUT2D eigenvalue weighted by atomic mass is 9.98. The van der Waals surface area contributed by atoms with Crippen LogP contribution in [0.1, 0.15) is 29.5 Å². The fourth-order valence-electron chi connectivity index (χ4n) is 3.98. The number of benzene rings is 3. The number of carboxylic acid groups (broad SMARTS) is 1. The molecule has 1 amide bonds. The van der Waals surface area contributed by atoms with E-state index in [0.29, 0.717) is 10.6 Å². The van der Waals surface area contributed by atoms with Gasteiger partial charge in [-0.3, -0.25) is 4.90 Å². The van der Waals surface area contributed by atoms with Crippen molar-refractivity contribution in [3.8, 4) is 11.1 Å². The van der Waals surface area contributed by atoms with E-state index in [1.807, 2.05) is 36.4 Å². The molecule has 0 saturated heterocycles. The Hall–Kier alpha value is -3.31. The van der Waals surface area contributed by atoms with Crippen molar-refractivity contribution in [2.24, 2.45) is 0 Å². The lowest BCUT2D eigenvalue weighted by Gasteiger charge is -2.27. The fourth-order valence-corrected chi connectivity index (χ4v) is 4.18. The van der Waals surface area contributed by atoms with E-state index in [1.165, 1.54) is 11.8 Å². The minimum atomic E-state index is -1.11. The highest BCUT2D eigenvalue weighted by Crippen LogP contribution is 2.44. The van der Waals surface area contributed by atoms with Crippen LogP contribution in [0.2, 0.25) is 5.02 Å². The molecule has 0 bridgehead atoms. The van der Waals surface area contributed by atoms with Gasteiger partial charge in [0, 0.05) is 10.9 Å². The second-order valence-corrected chi connectivity index (χ2v) is 7.94. The van der Waals surface area contributed by atoms with Crippen molar-refractivity contribution in [2.75, 3.05) is 6.61 Å². The van der Waals surface area contributed by atoms with Gasteiger partial charge in [0.2, 0.25) is 0 Å². The van der Waals surface area contributed by atoms with Gasteiger partial charge in [0.25, 0.3) is 0 Å². The van der Waals surface area contributed by atoms with Gasteiger partial charge in [0.05, 0.1) is 6.54 Å². The predicted molar refractivity (Wildman–Crippen MR) is 119 cm³/mol. The van der Waals surface area contributed by atoms with Gasteiger partial charge in [-0.1, -0.05) is 78.3 Å². The third kappa shape index (κ3) is 4.14. The molecule has 0 aromatic heterocycles. The molecule has 0 spiro atoms. The molecule has 1 N–H and O–H groups in total. The van der Waals surface area contributed by atoms with Crippen molar-refractivity contribution >= 4 is 23.7 Å². The van der Waals surface area contributed by atoms with Crippen molar-refractivity contribution in [3.63, 3.8) is 0 Å². The van der Waals surface area contributed by atoms with Crippen LogP contribution >= 0.6 is 11.6 Å². The molecule has 5 nitrogen and oxygen atoms in total. The van der Waals surface area contributed by atoms with E-state index in [2.05, 4.69) is 12.1 Å².